The highest BCUT2D eigenvalue weighted by Gasteiger charge is 2.44. The van der Waals surface area contributed by atoms with Gasteiger partial charge in [-0.05, 0) is 6.07 Å². The summed E-state index contributed by atoms with van der Waals surface area (Å²) >= 11 is 0. The molecular formula is C13H17F2NO. The van der Waals surface area contributed by atoms with Crippen molar-refractivity contribution >= 4 is 0 Å². The van der Waals surface area contributed by atoms with E-state index < -0.39 is 17.2 Å². The second kappa shape index (κ2) is 4.35. The van der Waals surface area contributed by atoms with Gasteiger partial charge in [0.2, 0.25) is 0 Å². The number of piperidine rings is 1. The molecule has 1 aliphatic heterocycles. The molecule has 1 saturated heterocycles. The van der Waals surface area contributed by atoms with Crippen molar-refractivity contribution in [1.82, 2.24) is 5.32 Å². The minimum atomic E-state index is -1.23. The Morgan fingerprint density at radius 2 is 1.82 bits per heavy atom. The molecule has 0 aromatic heterocycles. The van der Waals surface area contributed by atoms with E-state index >= 15 is 0 Å². The van der Waals surface area contributed by atoms with Crippen molar-refractivity contribution in [3.63, 3.8) is 0 Å². The van der Waals surface area contributed by atoms with Crippen LogP contribution in [0.4, 0.5) is 8.78 Å². The standard InChI is InChI=1S/C13H17F2NO/c1-8-6-16-7-9(2)13(8,17)11-4-3-10(14)5-12(11)15/h3-5,8-9,16-17H,6-7H2,1-2H3. The molecule has 1 heterocycles. The van der Waals surface area contributed by atoms with Gasteiger partial charge in [0.25, 0.3) is 0 Å². The summed E-state index contributed by atoms with van der Waals surface area (Å²) in [5.74, 6) is -1.53. The molecule has 4 heteroatoms. The number of halogens is 2. The zero-order valence-electron chi connectivity index (χ0n) is 10.0. The van der Waals surface area contributed by atoms with Crippen LogP contribution in [-0.2, 0) is 5.60 Å². The summed E-state index contributed by atoms with van der Waals surface area (Å²) in [5.41, 5.74) is -1.04. The van der Waals surface area contributed by atoms with Gasteiger partial charge in [0, 0.05) is 36.6 Å². The Hall–Kier alpha value is -1.00. The first-order chi connectivity index (χ1) is 7.96. The molecule has 2 N–H and O–H groups in total. The topological polar surface area (TPSA) is 32.3 Å². The van der Waals surface area contributed by atoms with Gasteiger partial charge in [0.1, 0.15) is 11.6 Å². The Balaban J connectivity index is 2.48. The molecule has 2 rings (SSSR count). The Kier molecular flexibility index (Phi) is 3.19. The molecule has 2 nitrogen and oxygen atoms in total. The summed E-state index contributed by atoms with van der Waals surface area (Å²) < 4.78 is 26.7. The average Bonchev–Trinajstić information content (AvgIpc) is 2.26. The fourth-order valence-corrected chi connectivity index (χ4v) is 2.66. The van der Waals surface area contributed by atoms with Crippen LogP contribution in [0.2, 0.25) is 0 Å². The molecule has 2 unspecified atom stereocenters. The number of nitrogens with one attached hydrogen (secondary N) is 1. The summed E-state index contributed by atoms with van der Waals surface area (Å²) in [7, 11) is 0. The number of rotatable bonds is 1. The lowest BCUT2D eigenvalue weighted by Crippen LogP contribution is -2.53. The van der Waals surface area contributed by atoms with E-state index in [1.807, 2.05) is 13.8 Å². The summed E-state index contributed by atoms with van der Waals surface area (Å²) in [5, 5.41) is 13.9. The van der Waals surface area contributed by atoms with Gasteiger partial charge in [0.15, 0.2) is 0 Å². The highest BCUT2D eigenvalue weighted by Crippen LogP contribution is 2.40. The van der Waals surface area contributed by atoms with Gasteiger partial charge in [-0.3, -0.25) is 0 Å². The fraction of sp³-hybridized carbons (Fsp3) is 0.538. The third kappa shape index (κ3) is 1.96. The molecule has 0 amide bonds. The molecule has 0 aliphatic carbocycles. The van der Waals surface area contributed by atoms with Crippen LogP contribution in [0.3, 0.4) is 0 Å². The molecule has 0 radical (unpaired) electrons. The SMILES string of the molecule is CC1CNCC(C)C1(O)c1ccc(F)cc1F. The Bertz CT molecular complexity index is 412. The van der Waals surface area contributed by atoms with Crippen LogP contribution >= 0.6 is 0 Å². The molecule has 0 bridgehead atoms. The zero-order chi connectivity index (χ0) is 12.6. The molecule has 1 aromatic rings. The molecule has 0 spiro atoms. The Morgan fingerprint density at radius 1 is 1.24 bits per heavy atom. The highest BCUT2D eigenvalue weighted by molar-refractivity contribution is 5.27. The number of benzene rings is 1. The van der Waals surface area contributed by atoms with Crippen LogP contribution in [0.5, 0.6) is 0 Å². The van der Waals surface area contributed by atoms with E-state index in [1.54, 1.807) is 0 Å². The van der Waals surface area contributed by atoms with E-state index in [0.717, 1.165) is 6.07 Å². The molecule has 94 valence electrons. The minimum absolute atomic E-state index is 0.119. The van der Waals surface area contributed by atoms with Crippen molar-refractivity contribution < 1.29 is 13.9 Å². The molecule has 0 saturated carbocycles. The normalized spacial score (nSPS) is 33.7. The lowest BCUT2D eigenvalue weighted by Gasteiger charge is -2.44. The maximum atomic E-state index is 13.8. The number of hydrogen-bond acceptors (Lipinski definition) is 2. The van der Waals surface area contributed by atoms with Gasteiger partial charge in [-0.15, -0.1) is 0 Å². The number of hydrogen-bond donors (Lipinski definition) is 2. The zero-order valence-corrected chi connectivity index (χ0v) is 10.0. The predicted octanol–water partition coefficient (Wildman–Crippen LogP) is 2.03. The van der Waals surface area contributed by atoms with Crippen molar-refractivity contribution in [1.29, 1.82) is 0 Å². The second-order valence-corrected chi connectivity index (χ2v) is 4.91. The largest absolute Gasteiger partial charge is 0.384 e. The monoisotopic (exact) mass is 241 g/mol. The molecule has 1 aliphatic rings. The van der Waals surface area contributed by atoms with Crippen molar-refractivity contribution in [2.45, 2.75) is 19.4 Å². The van der Waals surface area contributed by atoms with Gasteiger partial charge in [0.05, 0.1) is 5.60 Å². The van der Waals surface area contributed by atoms with Gasteiger partial charge >= 0.3 is 0 Å². The van der Waals surface area contributed by atoms with Crippen LogP contribution in [-0.4, -0.2) is 18.2 Å². The van der Waals surface area contributed by atoms with Crippen molar-refractivity contribution in [2.24, 2.45) is 11.8 Å². The van der Waals surface area contributed by atoms with Crippen LogP contribution in [0.25, 0.3) is 0 Å². The maximum Gasteiger partial charge on any atom is 0.132 e. The molecular weight excluding hydrogens is 224 g/mol. The second-order valence-electron chi connectivity index (χ2n) is 4.91. The van der Waals surface area contributed by atoms with Crippen LogP contribution < -0.4 is 5.32 Å². The smallest absolute Gasteiger partial charge is 0.132 e. The van der Waals surface area contributed by atoms with E-state index in [-0.39, 0.29) is 17.4 Å². The van der Waals surface area contributed by atoms with E-state index in [9.17, 15) is 13.9 Å². The highest BCUT2D eigenvalue weighted by atomic mass is 19.1. The van der Waals surface area contributed by atoms with E-state index in [1.165, 1.54) is 12.1 Å². The van der Waals surface area contributed by atoms with Gasteiger partial charge in [-0.25, -0.2) is 8.78 Å². The minimum Gasteiger partial charge on any atom is -0.384 e. The summed E-state index contributed by atoms with van der Waals surface area (Å²) in [6, 6.07) is 3.37. The van der Waals surface area contributed by atoms with Gasteiger partial charge in [-0.1, -0.05) is 19.9 Å². The van der Waals surface area contributed by atoms with Crippen LogP contribution in [0.1, 0.15) is 19.4 Å². The Morgan fingerprint density at radius 3 is 2.35 bits per heavy atom. The lowest BCUT2D eigenvalue weighted by molar-refractivity contribution is -0.0831. The van der Waals surface area contributed by atoms with Gasteiger partial charge in [-0.2, -0.15) is 0 Å². The van der Waals surface area contributed by atoms with Crippen molar-refractivity contribution in [2.75, 3.05) is 13.1 Å². The summed E-state index contributed by atoms with van der Waals surface area (Å²) in [4.78, 5) is 0. The van der Waals surface area contributed by atoms with Crippen molar-refractivity contribution in [3.05, 3.63) is 35.4 Å². The van der Waals surface area contributed by atoms with Crippen LogP contribution in [0.15, 0.2) is 18.2 Å². The lowest BCUT2D eigenvalue weighted by atomic mass is 9.71. The third-order valence-electron chi connectivity index (χ3n) is 3.77. The van der Waals surface area contributed by atoms with Gasteiger partial charge < -0.3 is 10.4 Å². The average molecular weight is 241 g/mol. The molecule has 1 fully saturated rings. The van der Waals surface area contributed by atoms with Crippen molar-refractivity contribution in [3.8, 4) is 0 Å². The number of aliphatic hydroxyl groups is 1. The fourth-order valence-electron chi connectivity index (χ4n) is 2.66. The molecule has 2 atom stereocenters. The van der Waals surface area contributed by atoms with E-state index in [4.69, 9.17) is 0 Å². The predicted molar refractivity (Wildman–Crippen MR) is 61.5 cm³/mol. The molecule has 17 heavy (non-hydrogen) atoms. The maximum absolute atomic E-state index is 13.8. The first kappa shape index (κ1) is 12.5. The van der Waals surface area contributed by atoms with E-state index in [0.29, 0.717) is 13.1 Å². The first-order valence-corrected chi connectivity index (χ1v) is 5.85. The quantitative estimate of drug-likeness (QED) is 0.788. The van der Waals surface area contributed by atoms with Crippen LogP contribution in [0, 0.1) is 23.5 Å². The Labute approximate surface area is 99.7 Å². The summed E-state index contributed by atoms with van der Waals surface area (Å²) in [6.45, 7) is 4.98. The summed E-state index contributed by atoms with van der Waals surface area (Å²) in [6.07, 6.45) is 0. The van der Waals surface area contributed by atoms with E-state index in [2.05, 4.69) is 5.32 Å². The first-order valence-electron chi connectivity index (χ1n) is 5.85. The molecule has 1 aromatic carbocycles. The third-order valence-corrected chi connectivity index (χ3v) is 3.77.